The van der Waals surface area contributed by atoms with Crippen LogP contribution in [0.5, 0.6) is 0 Å². The van der Waals surface area contributed by atoms with Crippen LogP contribution in [0.15, 0.2) is 29.3 Å². The number of nitrogens with two attached hydrogens (primary N) is 1. The minimum absolute atomic E-state index is 0.471. The van der Waals surface area contributed by atoms with Gasteiger partial charge in [-0.15, -0.1) is 0 Å². The SMILES string of the molecule is CCN(C(N)=NC1CC1)c1cccc(C)c1. The molecule has 1 aliphatic rings. The third kappa shape index (κ3) is 2.54. The Balaban J connectivity index is 2.21. The number of hydrogen-bond acceptors (Lipinski definition) is 1. The van der Waals surface area contributed by atoms with Crippen LogP contribution in [0.2, 0.25) is 0 Å². The molecule has 0 heterocycles. The summed E-state index contributed by atoms with van der Waals surface area (Å²) in [6, 6.07) is 8.83. The molecule has 0 aliphatic heterocycles. The van der Waals surface area contributed by atoms with Gasteiger partial charge in [0.1, 0.15) is 0 Å². The third-order valence-electron chi connectivity index (χ3n) is 2.77. The topological polar surface area (TPSA) is 41.6 Å². The summed E-state index contributed by atoms with van der Waals surface area (Å²) in [6.45, 7) is 5.04. The van der Waals surface area contributed by atoms with E-state index in [-0.39, 0.29) is 0 Å². The van der Waals surface area contributed by atoms with Crippen LogP contribution < -0.4 is 10.6 Å². The van der Waals surface area contributed by atoms with Crippen molar-refractivity contribution in [1.29, 1.82) is 0 Å². The predicted molar refractivity (Wildman–Crippen MR) is 68.8 cm³/mol. The Hall–Kier alpha value is -1.51. The highest BCUT2D eigenvalue weighted by molar-refractivity contribution is 5.95. The van der Waals surface area contributed by atoms with Crippen molar-refractivity contribution < 1.29 is 0 Å². The van der Waals surface area contributed by atoms with Crippen molar-refractivity contribution in [2.45, 2.75) is 32.7 Å². The van der Waals surface area contributed by atoms with E-state index in [1.807, 2.05) is 0 Å². The predicted octanol–water partition coefficient (Wildman–Crippen LogP) is 2.30. The Morgan fingerprint density at radius 2 is 2.25 bits per heavy atom. The quantitative estimate of drug-likeness (QED) is 0.623. The van der Waals surface area contributed by atoms with E-state index in [1.54, 1.807) is 0 Å². The van der Waals surface area contributed by atoms with E-state index in [4.69, 9.17) is 5.73 Å². The summed E-state index contributed by atoms with van der Waals surface area (Å²) in [7, 11) is 0. The molecule has 1 aromatic rings. The second-order valence-electron chi connectivity index (χ2n) is 4.30. The van der Waals surface area contributed by atoms with Crippen molar-refractivity contribution in [2.24, 2.45) is 10.7 Å². The van der Waals surface area contributed by atoms with Crippen molar-refractivity contribution in [3.05, 3.63) is 29.8 Å². The molecule has 0 saturated heterocycles. The summed E-state index contributed by atoms with van der Waals surface area (Å²) in [5.74, 6) is 0.649. The molecule has 1 aromatic carbocycles. The van der Waals surface area contributed by atoms with Crippen LogP contribution in [0.4, 0.5) is 5.69 Å². The van der Waals surface area contributed by atoms with Gasteiger partial charge in [-0.25, -0.2) is 4.99 Å². The van der Waals surface area contributed by atoms with Gasteiger partial charge in [0.25, 0.3) is 0 Å². The highest BCUT2D eigenvalue weighted by atomic mass is 15.3. The fourth-order valence-electron chi connectivity index (χ4n) is 1.73. The number of guanidine groups is 1. The summed E-state index contributed by atoms with van der Waals surface area (Å²) in [4.78, 5) is 6.55. The monoisotopic (exact) mass is 217 g/mol. The maximum Gasteiger partial charge on any atom is 0.196 e. The van der Waals surface area contributed by atoms with Crippen molar-refractivity contribution in [1.82, 2.24) is 0 Å². The molecule has 1 fully saturated rings. The van der Waals surface area contributed by atoms with Gasteiger partial charge in [0.15, 0.2) is 5.96 Å². The van der Waals surface area contributed by atoms with Crippen LogP contribution in [-0.4, -0.2) is 18.5 Å². The molecule has 16 heavy (non-hydrogen) atoms. The lowest BCUT2D eigenvalue weighted by Crippen LogP contribution is -2.37. The molecule has 0 unspecified atom stereocenters. The van der Waals surface area contributed by atoms with E-state index in [2.05, 4.69) is 48.0 Å². The second-order valence-corrected chi connectivity index (χ2v) is 4.30. The Morgan fingerprint density at radius 3 is 2.81 bits per heavy atom. The molecule has 0 amide bonds. The van der Waals surface area contributed by atoms with E-state index in [0.717, 1.165) is 12.2 Å². The number of nitrogens with zero attached hydrogens (tertiary/aromatic N) is 2. The van der Waals surface area contributed by atoms with Crippen LogP contribution >= 0.6 is 0 Å². The molecule has 2 rings (SSSR count). The average Bonchev–Trinajstić information content (AvgIpc) is 3.03. The summed E-state index contributed by atoms with van der Waals surface area (Å²) >= 11 is 0. The Kier molecular flexibility index (Phi) is 3.13. The zero-order valence-electron chi connectivity index (χ0n) is 9.98. The Morgan fingerprint density at radius 1 is 1.50 bits per heavy atom. The average molecular weight is 217 g/mol. The first-order valence-corrected chi connectivity index (χ1v) is 5.88. The summed E-state index contributed by atoms with van der Waals surface area (Å²) in [5, 5.41) is 0. The molecule has 2 N–H and O–H groups in total. The molecule has 86 valence electrons. The maximum atomic E-state index is 6.03. The van der Waals surface area contributed by atoms with Gasteiger partial charge < -0.3 is 10.6 Å². The first kappa shape index (κ1) is 11.0. The summed E-state index contributed by atoms with van der Waals surface area (Å²) < 4.78 is 0. The van der Waals surface area contributed by atoms with Gasteiger partial charge in [0, 0.05) is 12.2 Å². The summed E-state index contributed by atoms with van der Waals surface area (Å²) in [5.41, 5.74) is 8.40. The molecule has 0 radical (unpaired) electrons. The van der Waals surface area contributed by atoms with E-state index in [9.17, 15) is 0 Å². The molecule has 1 aliphatic carbocycles. The molecule has 0 bridgehead atoms. The number of aliphatic imine (C=N–C) groups is 1. The van der Waals surface area contributed by atoms with Gasteiger partial charge in [-0.2, -0.15) is 0 Å². The van der Waals surface area contributed by atoms with Crippen LogP contribution in [0.3, 0.4) is 0 Å². The zero-order valence-corrected chi connectivity index (χ0v) is 9.98. The minimum atomic E-state index is 0.471. The third-order valence-corrected chi connectivity index (χ3v) is 2.77. The molecule has 3 heteroatoms. The molecular formula is C13H19N3. The van der Waals surface area contributed by atoms with Crippen molar-refractivity contribution in [2.75, 3.05) is 11.4 Å². The van der Waals surface area contributed by atoms with Gasteiger partial charge in [0.05, 0.1) is 6.04 Å². The fourth-order valence-corrected chi connectivity index (χ4v) is 1.73. The number of rotatable bonds is 3. The zero-order chi connectivity index (χ0) is 11.5. The molecule has 0 spiro atoms. The van der Waals surface area contributed by atoms with E-state index in [0.29, 0.717) is 12.0 Å². The number of anilines is 1. The highest BCUT2D eigenvalue weighted by Crippen LogP contribution is 2.24. The van der Waals surface area contributed by atoms with Crippen LogP contribution in [0.25, 0.3) is 0 Å². The van der Waals surface area contributed by atoms with Gasteiger partial charge in [0.2, 0.25) is 0 Å². The number of benzene rings is 1. The molecule has 0 atom stereocenters. The normalized spacial score (nSPS) is 16.2. The summed E-state index contributed by atoms with van der Waals surface area (Å²) in [6.07, 6.45) is 2.37. The van der Waals surface area contributed by atoms with Crippen LogP contribution in [0, 0.1) is 6.92 Å². The first-order valence-electron chi connectivity index (χ1n) is 5.88. The van der Waals surface area contributed by atoms with E-state index >= 15 is 0 Å². The van der Waals surface area contributed by atoms with Gasteiger partial charge in [-0.3, -0.25) is 0 Å². The van der Waals surface area contributed by atoms with Gasteiger partial charge >= 0.3 is 0 Å². The molecule has 3 nitrogen and oxygen atoms in total. The smallest absolute Gasteiger partial charge is 0.196 e. The van der Waals surface area contributed by atoms with Crippen molar-refractivity contribution in [3.8, 4) is 0 Å². The maximum absolute atomic E-state index is 6.03. The Labute approximate surface area is 97.0 Å². The second kappa shape index (κ2) is 4.56. The van der Waals surface area contributed by atoms with Crippen molar-refractivity contribution >= 4 is 11.6 Å². The number of hydrogen-bond donors (Lipinski definition) is 1. The highest BCUT2D eigenvalue weighted by Gasteiger charge is 2.22. The lowest BCUT2D eigenvalue weighted by Gasteiger charge is -2.22. The van der Waals surface area contributed by atoms with Crippen LogP contribution in [0.1, 0.15) is 25.3 Å². The number of aryl methyl sites for hydroxylation is 1. The Bertz CT molecular complexity index is 394. The standard InChI is InChI=1S/C13H19N3/c1-3-16(13(14)15-11-7-8-11)12-6-4-5-10(2)9-12/h4-6,9,11H,3,7-8H2,1-2H3,(H2,14,15). The largest absolute Gasteiger partial charge is 0.370 e. The van der Waals surface area contributed by atoms with E-state index in [1.165, 1.54) is 18.4 Å². The molecular weight excluding hydrogens is 198 g/mol. The molecule has 1 saturated carbocycles. The molecule has 0 aromatic heterocycles. The van der Waals surface area contributed by atoms with Gasteiger partial charge in [-0.1, -0.05) is 12.1 Å². The lowest BCUT2D eigenvalue weighted by molar-refractivity contribution is 0.987. The van der Waals surface area contributed by atoms with E-state index < -0.39 is 0 Å². The fraction of sp³-hybridized carbons (Fsp3) is 0.462. The minimum Gasteiger partial charge on any atom is -0.370 e. The van der Waals surface area contributed by atoms with Crippen molar-refractivity contribution in [3.63, 3.8) is 0 Å². The first-order chi connectivity index (χ1) is 7.70. The lowest BCUT2D eigenvalue weighted by atomic mass is 10.2. The van der Waals surface area contributed by atoms with Gasteiger partial charge in [-0.05, 0) is 44.4 Å². The van der Waals surface area contributed by atoms with Crippen LogP contribution in [-0.2, 0) is 0 Å².